The molecule has 1 aromatic heterocycles. The third kappa shape index (κ3) is 4.26. The highest BCUT2D eigenvalue weighted by Gasteiger charge is 2.07. The lowest BCUT2D eigenvalue weighted by atomic mass is 10.1. The minimum atomic E-state index is 0.887. The molecule has 0 bridgehead atoms. The van der Waals surface area contributed by atoms with Crippen molar-refractivity contribution in [2.45, 2.75) is 40.0 Å². The molecule has 4 nitrogen and oxygen atoms in total. The molecule has 0 amide bonds. The number of para-hydroxylation sites is 1. The number of hydrogen-bond acceptors (Lipinski definition) is 1. The third-order valence-corrected chi connectivity index (χ3v) is 3.82. The van der Waals surface area contributed by atoms with E-state index in [1.54, 1.807) is 0 Å². The van der Waals surface area contributed by atoms with Gasteiger partial charge in [-0.15, -0.1) is 0 Å². The van der Waals surface area contributed by atoms with Gasteiger partial charge in [-0.05, 0) is 38.3 Å². The Morgan fingerprint density at radius 3 is 2.77 bits per heavy atom. The van der Waals surface area contributed by atoms with E-state index in [-0.39, 0.29) is 0 Å². The average Bonchev–Trinajstić information content (AvgIpc) is 2.83. The Hall–Kier alpha value is -1.97. The van der Waals surface area contributed by atoms with Crippen LogP contribution in [0.4, 0.5) is 0 Å². The molecular formula is C18H28N4. The van der Waals surface area contributed by atoms with Crippen molar-refractivity contribution in [2.75, 3.05) is 19.6 Å². The van der Waals surface area contributed by atoms with E-state index in [9.17, 15) is 0 Å². The molecule has 0 saturated heterocycles. The molecule has 2 aromatic rings. The van der Waals surface area contributed by atoms with Crippen LogP contribution in [0.5, 0.6) is 0 Å². The first-order valence-electron chi connectivity index (χ1n) is 8.34. The summed E-state index contributed by atoms with van der Waals surface area (Å²) in [6.45, 7) is 9.11. The average molecular weight is 300 g/mol. The molecule has 2 rings (SSSR count). The van der Waals surface area contributed by atoms with Gasteiger partial charge in [-0.1, -0.05) is 31.5 Å². The topological polar surface area (TPSA) is 52.2 Å². The molecule has 1 heterocycles. The molecule has 0 aliphatic rings. The number of hydrogen-bond donors (Lipinski definition) is 3. The van der Waals surface area contributed by atoms with Crippen LogP contribution in [0, 0.1) is 6.92 Å². The standard InChI is InChI=1S/C18H28N4/c1-4-6-12-20-18(19-5-2)21-13-11-15-14(3)22-17-10-8-7-9-16(15)17/h7-10,22H,4-6,11-13H2,1-3H3,(H2,19,20,21). The summed E-state index contributed by atoms with van der Waals surface area (Å²) in [5.41, 5.74) is 3.88. The minimum Gasteiger partial charge on any atom is -0.358 e. The van der Waals surface area contributed by atoms with Crippen LogP contribution >= 0.6 is 0 Å². The van der Waals surface area contributed by atoms with Gasteiger partial charge < -0.3 is 15.6 Å². The Morgan fingerprint density at radius 1 is 1.18 bits per heavy atom. The molecule has 0 saturated carbocycles. The zero-order valence-corrected chi connectivity index (χ0v) is 14.0. The lowest BCUT2D eigenvalue weighted by Gasteiger charge is -2.11. The van der Waals surface area contributed by atoms with Crippen LogP contribution < -0.4 is 10.6 Å². The Balaban J connectivity index is 1.96. The highest BCUT2D eigenvalue weighted by Crippen LogP contribution is 2.21. The predicted octanol–water partition coefficient (Wildman–Crippen LogP) is 3.37. The van der Waals surface area contributed by atoms with Gasteiger partial charge in [0.25, 0.3) is 0 Å². The number of nitrogens with one attached hydrogen (secondary N) is 3. The number of H-pyrrole nitrogens is 1. The summed E-state index contributed by atoms with van der Waals surface area (Å²) in [4.78, 5) is 8.05. The van der Waals surface area contributed by atoms with Crippen molar-refractivity contribution in [3.63, 3.8) is 0 Å². The van der Waals surface area contributed by atoms with Crippen LogP contribution in [0.15, 0.2) is 29.3 Å². The molecular weight excluding hydrogens is 272 g/mol. The van der Waals surface area contributed by atoms with Gasteiger partial charge >= 0.3 is 0 Å². The molecule has 1 aromatic carbocycles. The third-order valence-electron chi connectivity index (χ3n) is 3.82. The number of aliphatic imine (C=N–C) groups is 1. The minimum absolute atomic E-state index is 0.887. The number of benzene rings is 1. The van der Waals surface area contributed by atoms with Gasteiger partial charge in [0.1, 0.15) is 0 Å². The zero-order chi connectivity index (χ0) is 15.8. The number of nitrogens with zero attached hydrogens (tertiary/aromatic N) is 1. The fourth-order valence-electron chi connectivity index (χ4n) is 2.65. The SMILES string of the molecule is CCCCN=C(NCC)NCCc1c(C)[nH]c2ccccc12. The molecule has 22 heavy (non-hydrogen) atoms. The van der Waals surface area contributed by atoms with Crippen LogP contribution in [-0.2, 0) is 6.42 Å². The van der Waals surface area contributed by atoms with Crippen LogP contribution in [-0.4, -0.2) is 30.6 Å². The molecule has 3 N–H and O–H groups in total. The monoisotopic (exact) mass is 300 g/mol. The zero-order valence-electron chi connectivity index (χ0n) is 14.0. The summed E-state index contributed by atoms with van der Waals surface area (Å²) < 4.78 is 0. The van der Waals surface area contributed by atoms with Crippen LogP contribution in [0.3, 0.4) is 0 Å². The van der Waals surface area contributed by atoms with Gasteiger partial charge in [0.15, 0.2) is 5.96 Å². The van der Waals surface area contributed by atoms with Crippen molar-refractivity contribution in [1.82, 2.24) is 15.6 Å². The fourth-order valence-corrected chi connectivity index (χ4v) is 2.65. The summed E-state index contributed by atoms with van der Waals surface area (Å²) in [6.07, 6.45) is 3.31. The van der Waals surface area contributed by atoms with E-state index < -0.39 is 0 Å². The number of guanidine groups is 1. The Morgan fingerprint density at radius 2 is 2.00 bits per heavy atom. The largest absolute Gasteiger partial charge is 0.358 e. The normalized spacial score (nSPS) is 11.9. The number of aromatic nitrogens is 1. The van der Waals surface area contributed by atoms with Gasteiger partial charge in [0.05, 0.1) is 0 Å². The molecule has 4 heteroatoms. The molecule has 0 radical (unpaired) electrons. The quantitative estimate of drug-likeness (QED) is 0.417. The Bertz CT molecular complexity index is 613. The first-order valence-corrected chi connectivity index (χ1v) is 8.34. The number of fused-ring (bicyclic) bond motifs is 1. The van der Waals surface area contributed by atoms with Gasteiger partial charge in [-0.3, -0.25) is 4.99 Å². The van der Waals surface area contributed by atoms with Crippen molar-refractivity contribution in [3.8, 4) is 0 Å². The second-order valence-electron chi connectivity index (χ2n) is 5.57. The first-order chi connectivity index (χ1) is 10.8. The fraction of sp³-hybridized carbons (Fsp3) is 0.500. The molecule has 0 aliphatic carbocycles. The summed E-state index contributed by atoms with van der Waals surface area (Å²) in [6, 6.07) is 8.50. The second-order valence-corrected chi connectivity index (χ2v) is 5.57. The van der Waals surface area contributed by atoms with E-state index in [4.69, 9.17) is 0 Å². The lowest BCUT2D eigenvalue weighted by molar-refractivity contribution is 0.767. The number of aryl methyl sites for hydroxylation is 1. The maximum atomic E-state index is 4.59. The van der Waals surface area contributed by atoms with Gasteiger partial charge in [0, 0.05) is 36.2 Å². The maximum Gasteiger partial charge on any atom is 0.191 e. The van der Waals surface area contributed by atoms with Crippen molar-refractivity contribution < 1.29 is 0 Å². The van der Waals surface area contributed by atoms with E-state index in [1.165, 1.54) is 28.6 Å². The van der Waals surface area contributed by atoms with Gasteiger partial charge in [0.2, 0.25) is 0 Å². The summed E-state index contributed by atoms with van der Waals surface area (Å²) in [5, 5.41) is 8.07. The Kier molecular flexibility index (Phi) is 6.31. The van der Waals surface area contributed by atoms with Crippen molar-refractivity contribution in [2.24, 2.45) is 4.99 Å². The van der Waals surface area contributed by atoms with Gasteiger partial charge in [-0.25, -0.2) is 0 Å². The van der Waals surface area contributed by atoms with Crippen LogP contribution in [0.2, 0.25) is 0 Å². The lowest BCUT2D eigenvalue weighted by Crippen LogP contribution is -2.38. The van der Waals surface area contributed by atoms with Crippen molar-refractivity contribution >= 4 is 16.9 Å². The molecule has 120 valence electrons. The maximum absolute atomic E-state index is 4.59. The molecule has 0 fully saturated rings. The smallest absolute Gasteiger partial charge is 0.191 e. The highest BCUT2D eigenvalue weighted by molar-refractivity contribution is 5.84. The molecule has 0 spiro atoms. The number of unbranched alkanes of at least 4 members (excludes halogenated alkanes) is 1. The summed E-state index contributed by atoms with van der Waals surface area (Å²) in [5.74, 6) is 0.924. The first kappa shape index (κ1) is 16.4. The summed E-state index contributed by atoms with van der Waals surface area (Å²) in [7, 11) is 0. The van der Waals surface area contributed by atoms with Gasteiger partial charge in [-0.2, -0.15) is 0 Å². The van der Waals surface area contributed by atoms with E-state index in [0.29, 0.717) is 0 Å². The number of rotatable bonds is 7. The van der Waals surface area contributed by atoms with E-state index in [1.807, 2.05) is 0 Å². The van der Waals surface area contributed by atoms with Crippen LogP contribution in [0.1, 0.15) is 37.9 Å². The van der Waals surface area contributed by atoms with E-state index in [0.717, 1.165) is 38.4 Å². The molecule has 0 atom stereocenters. The number of aromatic amines is 1. The molecule has 0 aliphatic heterocycles. The van der Waals surface area contributed by atoms with E-state index >= 15 is 0 Å². The highest BCUT2D eigenvalue weighted by atomic mass is 15.2. The predicted molar refractivity (Wildman–Crippen MR) is 95.6 cm³/mol. The van der Waals surface area contributed by atoms with Crippen LogP contribution in [0.25, 0.3) is 10.9 Å². The Labute approximate surface area is 133 Å². The van der Waals surface area contributed by atoms with Crippen molar-refractivity contribution in [1.29, 1.82) is 0 Å². The van der Waals surface area contributed by atoms with Crippen molar-refractivity contribution in [3.05, 3.63) is 35.5 Å². The van der Waals surface area contributed by atoms with E-state index in [2.05, 4.69) is 65.6 Å². The summed E-state index contributed by atoms with van der Waals surface area (Å²) >= 11 is 0. The second kappa shape index (κ2) is 8.47. The molecule has 0 unspecified atom stereocenters.